The number of ether oxygens (including phenoxy) is 1. The fourth-order valence-corrected chi connectivity index (χ4v) is 2.49. The Morgan fingerprint density at radius 2 is 2.15 bits per heavy atom. The van der Waals surface area contributed by atoms with E-state index in [1.54, 1.807) is 7.11 Å². The third-order valence-corrected chi connectivity index (χ3v) is 3.32. The second-order valence-electron chi connectivity index (χ2n) is 4.80. The topological polar surface area (TPSA) is 24.5 Å². The number of anilines is 1. The van der Waals surface area contributed by atoms with Crippen LogP contribution in [-0.4, -0.2) is 26.7 Å². The van der Waals surface area contributed by atoms with Gasteiger partial charge in [-0.1, -0.05) is 25.8 Å². The molecule has 0 bridgehead atoms. The van der Waals surface area contributed by atoms with Crippen LogP contribution in [0.2, 0.25) is 0 Å². The van der Waals surface area contributed by atoms with Crippen LogP contribution in [0.4, 0.5) is 5.69 Å². The summed E-state index contributed by atoms with van der Waals surface area (Å²) in [5.41, 5.74) is 2.35. The van der Waals surface area contributed by atoms with Crippen molar-refractivity contribution >= 4 is 5.69 Å². The number of nitrogens with one attached hydrogen (secondary N) is 1. The quantitative estimate of drug-likeness (QED) is 0.737. The average Bonchev–Trinajstić information content (AvgIpc) is 2.46. The van der Waals surface area contributed by atoms with Gasteiger partial charge in [-0.25, -0.2) is 0 Å². The van der Waals surface area contributed by atoms with Crippen LogP contribution in [0.5, 0.6) is 5.75 Å². The SMILES string of the molecule is C#CCN(CCC)c1cccc(OC)c1C(C)NCC. The summed E-state index contributed by atoms with van der Waals surface area (Å²) >= 11 is 0. The van der Waals surface area contributed by atoms with E-state index in [2.05, 4.69) is 43.0 Å². The van der Waals surface area contributed by atoms with E-state index >= 15 is 0 Å². The summed E-state index contributed by atoms with van der Waals surface area (Å²) in [6, 6.07) is 6.38. The molecule has 0 saturated carbocycles. The Labute approximate surface area is 123 Å². The number of hydrogen-bond donors (Lipinski definition) is 1. The molecule has 0 aliphatic rings. The zero-order valence-electron chi connectivity index (χ0n) is 13.1. The molecule has 3 nitrogen and oxygen atoms in total. The molecule has 20 heavy (non-hydrogen) atoms. The molecule has 0 radical (unpaired) electrons. The Kier molecular flexibility index (Phi) is 6.97. The summed E-state index contributed by atoms with van der Waals surface area (Å²) in [5.74, 6) is 3.66. The fraction of sp³-hybridized carbons (Fsp3) is 0.529. The molecule has 0 heterocycles. The van der Waals surface area contributed by atoms with Crippen LogP contribution >= 0.6 is 0 Å². The lowest BCUT2D eigenvalue weighted by molar-refractivity contribution is 0.402. The van der Waals surface area contributed by atoms with Gasteiger partial charge >= 0.3 is 0 Å². The third kappa shape index (κ3) is 3.91. The van der Waals surface area contributed by atoms with Crippen molar-refractivity contribution in [1.29, 1.82) is 0 Å². The van der Waals surface area contributed by atoms with Gasteiger partial charge in [0.1, 0.15) is 5.75 Å². The number of methoxy groups -OCH3 is 1. The van der Waals surface area contributed by atoms with Crippen molar-refractivity contribution in [2.24, 2.45) is 0 Å². The predicted octanol–water partition coefficient (Wildman–Crippen LogP) is 3.22. The molecule has 1 unspecified atom stereocenters. The van der Waals surface area contributed by atoms with Gasteiger partial charge in [-0.05, 0) is 32.0 Å². The Balaban J connectivity index is 3.25. The van der Waals surface area contributed by atoms with E-state index in [1.807, 2.05) is 12.1 Å². The standard InChI is InChI=1S/C17H26N2O/c1-6-12-19(13-7-2)15-10-9-11-16(20-5)17(15)14(4)18-8-3/h1,9-11,14,18H,7-8,12-13H2,2-5H3. The molecule has 0 aliphatic carbocycles. The van der Waals surface area contributed by atoms with E-state index < -0.39 is 0 Å². The summed E-state index contributed by atoms with van der Waals surface area (Å²) in [4.78, 5) is 2.24. The zero-order chi connectivity index (χ0) is 15.0. The normalized spacial score (nSPS) is 11.8. The zero-order valence-corrected chi connectivity index (χ0v) is 13.1. The summed E-state index contributed by atoms with van der Waals surface area (Å²) in [6.45, 7) is 8.91. The van der Waals surface area contributed by atoms with Gasteiger partial charge in [0.05, 0.1) is 13.7 Å². The van der Waals surface area contributed by atoms with E-state index in [1.165, 1.54) is 5.56 Å². The number of nitrogens with zero attached hydrogens (tertiary/aromatic N) is 1. The molecule has 0 aliphatic heterocycles. The molecule has 1 aromatic carbocycles. The highest BCUT2D eigenvalue weighted by molar-refractivity contribution is 5.61. The number of hydrogen-bond acceptors (Lipinski definition) is 3. The predicted molar refractivity (Wildman–Crippen MR) is 86.4 cm³/mol. The minimum Gasteiger partial charge on any atom is -0.496 e. The molecule has 1 atom stereocenters. The monoisotopic (exact) mass is 274 g/mol. The van der Waals surface area contributed by atoms with E-state index in [-0.39, 0.29) is 6.04 Å². The molecule has 1 N–H and O–H groups in total. The lowest BCUT2D eigenvalue weighted by atomic mass is 10.0. The lowest BCUT2D eigenvalue weighted by Gasteiger charge is -2.28. The van der Waals surface area contributed by atoms with Crippen LogP contribution in [0.15, 0.2) is 18.2 Å². The summed E-state index contributed by atoms with van der Waals surface area (Å²) in [7, 11) is 1.71. The molecule has 0 aromatic heterocycles. The summed E-state index contributed by atoms with van der Waals surface area (Å²) in [6.07, 6.45) is 6.58. The average molecular weight is 274 g/mol. The maximum atomic E-state index is 5.54. The Morgan fingerprint density at radius 1 is 1.40 bits per heavy atom. The molecule has 3 heteroatoms. The molecular formula is C17H26N2O. The highest BCUT2D eigenvalue weighted by Gasteiger charge is 2.18. The molecule has 1 aromatic rings. The first kappa shape index (κ1) is 16.4. The minimum absolute atomic E-state index is 0.225. The van der Waals surface area contributed by atoms with E-state index in [4.69, 9.17) is 11.2 Å². The van der Waals surface area contributed by atoms with Crippen LogP contribution in [0.1, 0.15) is 38.8 Å². The van der Waals surface area contributed by atoms with Crippen molar-refractivity contribution in [3.8, 4) is 18.1 Å². The van der Waals surface area contributed by atoms with Gasteiger partial charge in [0, 0.05) is 23.8 Å². The maximum absolute atomic E-state index is 5.54. The van der Waals surface area contributed by atoms with Gasteiger partial charge in [0.2, 0.25) is 0 Å². The van der Waals surface area contributed by atoms with Crippen molar-refractivity contribution < 1.29 is 4.74 Å². The van der Waals surface area contributed by atoms with Crippen molar-refractivity contribution in [2.45, 2.75) is 33.2 Å². The number of terminal acetylenes is 1. The second kappa shape index (κ2) is 8.50. The molecule has 1 rings (SSSR count). The molecular weight excluding hydrogens is 248 g/mol. The first-order chi connectivity index (χ1) is 9.69. The smallest absolute Gasteiger partial charge is 0.125 e. The highest BCUT2D eigenvalue weighted by Crippen LogP contribution is 2.34. The lowest BCUT2D eigenvalue weighted by Crippen LogP contribution is -2.28. The van der Waals surface area contributed by atoms with Gasteiger partial charge < -0.3 is 15.0 Å². The molecule has 0 amide bonds. The maximum Gasteiger partial charge on any atom is 0.125 e. The first-order valence-electron chi connectivity index (χ1n) is 7.28. The van der Waals surface area contributed by atoms with Crippen LogP contribution in [0, 0.1) is 12.3 Å². The van der Waals surface area contributed by atoms with Crippen molar-refractivity contribution in [2.75, 3.05) is 31.6 Å². The number of rotatable bonds is 8. The van der Waals surface area contributed by atoms with Crippen LogP contribution in [0.3, 0.4) is 0 Å². The van der Waals surface area contributed by atoms with Crippen molar-refractivity contribution in [3.63, 3.8) is 0 Å². The molecule has 0 spiro atoms. The van der Waals surface area contributed by atoms with Crippen LogP contribution in [0.25, 0.3) is 0 Å². The van der Waals surface area contributed by atoms with Crippen molar-refractivity contribution in [3.05, 3.63) is 23.8 Å². The fourth-order valence-electron chi connectivity index (χ4n) is 2.49. The summed E-state index contributed by atoms with van der Waals surface area (Å²) in [5, 5.41) is 3.46. The van der Waals surface area contributed by atoms with Crippen LogP contribution < -0.4 is 15.0 Å². The van der Waals surface area contributed by atoms with E-state index in [9.17, 15) is 0 Å². The molecule has 110 valence electrons. The Bertz CT molecular complexity index is 451. The van der Waals surface area contributed by atoms with E-state index in [0.29, 0.717) is 6.54 Å². The third-order valence-electron chi connectivity index (χ3n) is 3.32. The van der Waals surface area contributed by atoms with Gasteiger partial charge in [0.25, 0.3) is 0 Å². The number of benzene rings is 1. The minimum atomic E-state index is 0.225. The van der Waals surface area contributed by atoms with Gasteiger partial charge in [-0.3, -0.25) is 0 Å². The summed E-state index contributed by atoms with van der Waals surface area (Å²) < 4.78 is 5.54. The Hall–Kier alpha value is -1.66. The Morgan fingerprint density at radius 3 is 2.70 bits per heavy atom. The van der Waals surface area contributed by atoms with E-state index in [0.717, 1.165) is 30.9 Å². The van der Waals surface area contributed by atoms with Gasteiger partial charge in [-0.15, -0.1) is 6.42 Å². The molecule has 0 fully saturated rings. The largest absolute Gasteiger partial charge is 0.496 e. The van der Waals surface area contributed by atoms with Crippen molar-refractivity contribution in [1.82, 2.24) is 5.32 Å². The highest BCUT2D eigenvalue weighted by atomic mass is 16.5. The van der Waals surface area contributed by atoms with Gasteiger partial charge in [-0.2, -0.15) is 0 Å². The molecule has 0 saturated heterocycles. The van der Waals surface area contributed by atoms with Crippen LogP contribution in [-0.2, 0) is 0 Å². The first-order valence-corrected chi connectivity index (χ1v) is 7.28. The second-order valence-corrected chi connectivity index (χ2v) is 4.80. The van der Waals surface area contributed by atoms with Gasteiger partial charge in [0.15, 0.2) is 0 Å².